The molecule has 6 nitrogen and oxygen atoms in total. The Labute approximate surface area is 115 Å². The van der Waals surface area contributed by atoms with Gasteiger partial charge >= 0.3 is 5.97 Å². The van der Waals surface area contributed by atoms with Crippen molar-refractivity contribution in [3.05, 3.63) is 47.3 Å². The first-order valence-corrected chi connectivity index (χ1v) is 6.18. The third-order valence-electron chi connectivity index (χ3n) is 2.89. The molecular weight excluding hydrogens is 258 g/mol. The van der Waals surface area contributed by atoms with Crippen LogP contribution in [0.3, 0.4) is 0 Å². The van der Waals surface area contributed by atoms with Crippen LogP contribution >= 0.6 is 0 Å². The molecule has 0 fully saturated rings. The number of carbonyl (C=O) groups excluding carboxylic acids is 1. The Balaban J connectivity index is 2.06. The number of hydrogen-bond acceptors (Lipinski definition) is 3. The first-order chi connectivity index (χ1) is 9.56. The van der Waals surface area contributed by atoms with Crippen molar-refractivity contribution in [1.29, 1.82) is 0 Å². The van der Waals surface area contributed by atoms with Gasteiger partial charge in [-0.3, -0.25) is 14.7 Å². The fourth-order valence-electron chi connectivity index (χ4n) is 1.83. The summed E-state index contributed by atoms with van der Waals surface area (Å²) in [7, 11) is 0. The monoisotopic (exact) mass is 273 g/mol. The summed E-state index contributed by atoms with van der Waals surface area (Å²) in [6.07, 6.45) is 1.97. The Morgan fingerprint density at radius 2 is 2.20 bits per heavy atom. The van der Waals surface area contributed by atoms with E-state index >= 15 is 0 Å². The molecule has 0 unspecified atom stereocenters. The number of hydrogen-bond donors (Lipinski definition) is 3. The van der Waals surface area contributed by atoms with Crippen molar-refractivity contribution in [3.8, 4) is 0 Å². The fraction of sp³-hybridized carbons (Fsp3) is 0.214. The van der Waals surface area contributed by atoms with E-state index in [1.54, 1.807) is 25.1 Å². The van der Waals surface area contributed by atoms with Crippen LogP contribution in [0.5, 0.6) is 0 Å². The molecule has 6 heteroatoms. The number of rotatable bonds is 5. The van der Waals surface area contributed by atoms with Crippen LogP contribution in [-0.2, 0) is 11.2 Å². The van der Waals surface area contributed by atoms with E-state index in [4.69, 9.17) is 5.11 Å². The number of aromatic amines is 1. The van der Waals surface area contributed by atoms with Crippen LogP contribution in [0, 0.1) is 6.92 Å². The van der Waals surface area contributed by atoms with Crippen molar-refractivity contribution in [2.75, 3.05) is 5.32 Å². The summed E-state index contributed by atoms with van der Waals surface area (Å²) < 4.78 is 0. The molecule has 0 saturated carbocycles. The predicted octanol–water partition coefficient (Wildman–Crippen LogP) is 1.99. The summed E-state index contributed by atoms with van der Waals surface area (Å²) in [6, 6.07) is 7.16. The van der Waals surface area contributed by atoms with E-state index in [1.807, 2.05) is 6.07 Å². The minimum atomic E-state index is -0.839. The van der Waals surface area contributed by atoms with Gasteiger partial charge in [-0.15, -0.1) is 0 Å². The number of benzene rings is 1. The Bertz CT molecular complexity index is 634. The van der Waals surface area contributed by atoms with Crippen LogP contribution in [0.4, 0.5) is 5.69 Å². The van der Waals surface area contributed by atoms with Gasteiger partial charge in [-0.05, 0) is 31.0 Å². The summed E-state index contributed by atoms with van der Waals surface area (Å²) >= 11 is 0. The minimum Gasteiger partial charge on any atom is -0.481 e. The average molecular weight is 273 g/mol. The van der Waals surface area contributed by atoms with E-state index in [1.165, 1.54) is 6.20 Å². The quantitative estimate of drug-likeness (QED) is 0.776. The largest absolute Gasteiger partial charge is 0.481 e. The molecule has 1 amide bonds. The third-order valence-corrected chi connectivity index (χ3v) is 2.89. The molecule has 0 bridgehead atoms. The molecule has 0 saturated heterocycles. The van der Waals surface area contributed by atoms with E-state index in [9.17, 15) is 9.59 Å². The van der Waals surface area contributed by atoms with Crippen molar-refractivity contribution in [1.82, 2.24) is 10.2 Å². The molecule has 0 aliphatic rings. The Kier molecular flexibility index (Phi) is 4.14. The third kappa shape index (κ3) is 3.44. The maximum atomic E-state index is 12.0. The summed E-state index contributed by atoms with van der Waals surface area (Å²) in [5.41, 5.74) is 2.69. The maximum Gasteiger partial charge on any atom is 0.303 e. The zero-order chi connectivity index (χ0) is 14.5. The van der Waals surface area contributed by atoms with E-state index in [2.05, 4.69) is 15.5 Å². The van der Waals surface area contributed by atoms with Gasteiger partial charge in [-0.25, -0.2) is 0 Å². The number of aromatic nitrogens is 2. The zero-order valence-electron chi connectivity index (χ0n) is 11.0. The van der Waals surface area contributed by atoms with E-state index < -0.39 is 5.97 Å². The molecular formula is C14H15N3O3. The van der Waals surface area contributed by atoms with Crippen molar-refractivity contribution in [3.63, 3.8) is 0 Å². The number of H-pyrrole nitrogens is 1. The summed E-state index contributed by atoms with van der Waals surface area (Å²) in [4.78, 5) is 22.6. The lowest BCUT2D eigenvalue weighted by molar-refractivity contribution is -0.136. The van der Waals surface area contributed by atoms with Crippen LogP contribution in [0.25, 0.3) is 0 Å². The summed E-state index contributed by atoms with van der Waals surface area (Å²) in [6.45, 7) is 1.77. The standard InChI is InChI=1S/C14H15N3O3/c1-9-12(8-15-17-9)14(20)16-11-4-2-3-10(7-11)5-6-13(18)19/h2-4,7-8H,5-6H2,1H3,(H,15,17)(H,16,20)(H,18,19). The first-order valence-electron chi connectivity index (χ1n) is 6.18. The van der Waals surface area contributed by atoms with Crippen LogP contribution in [0.15, 0.2) is 30.5 Å². The van der Waals surface area contributed by atoms with Crippen molar-refractivity contribution < 1.29 is 14.7 Å². The maximum absolute atomic E-state index is 12.0. The number of nitrogens with zero attached hydrogens (tertiary/aromatic N) is 1. The van der Waals surface area contributed by atoms with Crippen LogP contribution in [0.2, 0.25) is 0 Å². The van der Waals surface area contributed by atoms with Gasteiger partial charge < -0.3 is 10.4 Å². The molecule has 0 atom stereocenters. The number of anilines is 1. The number of carboxylic acid groups (broad SMARTS) is 1. The van der Waals surface area contributed by atoms with E-state index in [-0.39, 0.29) is 12.3 Å². The van der Waals surface area contributed by atoms with E-state index in [0.29, 0.717) is 23.4 Å². The molecule has 20 heavy (non-hydrogen) atoms. The number of carboxylic acids is 1. The topological polar surface area (TPSA) is 95.1 Å². The molecule has 1 aromatic carbocycles. The minimum absolute atomic E-state index is 0.0677. The van der Waals surface area contributed by atoms with Gasteiger partial charge in [0.05, 0.1) is 11.8 Å². The average Bonchev–Trinajstić information content (AvgIpc) is 2.83. The van der Waals surface area contributed by atoms with Gasteiger partial charge in [0.1, 0.15) is 0 Å². The Morgan fingerprint density at radius 3 is 2.85 bits per heavy atom. The van der Waals surface area contributed by atoms with Crippen molar-refractivity contribution in [2.45, 2.75) is 19.8 Å². The SMILES string of the molecule is Cc1[nH]ncc1C(=O)Nc1cccc(CCC(=O)O)c1. The Hall–Kier alpha value is -2.63. The highest BCUT2D eigenvalue weighted by atomic mass is 16.4. The fourth-order valence-corrected chi connectivity index (χ4v) is 1.83. The normalized spacial score (nSPS) is 10.2. The lowest BCUT2D eigenvalue weighted by atomic mass is 10.1. The van der Waals surface area contributed by atoms with Gasteiger partial charge in [0, 0.05) is 17.8 Å². The number of aliphatic carboxylic acids is 1. The highest BCUT2D eigenvalue weighted by Crippen LogP contribution is 2.14. The van der Waals surface area contributed by atoms with Crippen LogP contribution < -0.4 is 5.32 Å². The second kappa shape index (κ2) is 6.01. The van der Waals surface area contributed by atoms with Gasteiger partial charge in [-0.2, -0.15) is 5.10 Å². The highest BCUT2D eigenvalue weighted by molar-refractivity contribution is 6.04. The number of nitrogens with one attached hydrogen (secondary N) is 2. The molecule has 1 heterocycles. The first kappa shape index (κ1) is 13.8. The smallest absolute Gasteiger partial charge is 0.303 e. The number of amides is 1. The number of aryl methyl sites for hydroxylation is 2. The van der Waals surface area contributed by atoms with Crippen LogP contribution in [0.1, 0.15) is 28.0 Å². The summed E-state index contributed by atoms with van der Waals surface area (Å²) in [5.74, 6) is -1.08. The molecule has 0 radical (unpaired) electrons. The summed E-state index contributed by atoms with van der Waals surface area (Å²) in [5, 5.41) is 17.9. The lowest BCUT2D eigenvalue weighted by Gasteiger charge is -2.06. The van der Waals surface area contributed by atoms with Gasteiger partial charge in [-0.1, -0.05) is 12.1 Å². The molecule has 0 spiro atoms. The zero-order valence-corrected chi connectivity index (χ0v) is 11.0. The molecule has 2 rings (SSSR count). The predicted molar refractivity (Wildman–Crippen MR) is 73.7 cm³/mol. The van der Waals surface area contributed by atoms with Crippen LogP contribution in [-0.4, -0.2) is 27.2 Å². The molecule has 0 aliphatic carbocycles. The van der Waals surface area contributed by atoms with Gasteiger partial charge in [0.25, 0.3) is 5.91 Å². The molecule has 104 valence electrons. The van der Waals surface area contributed by atoms with E-state index in [0.717, 1.165) is 5.56 Å². The van der Waals surface area contributed by atoms with Crippen molar-refractivity contribution in [2.24, 2.45) is 0 Å². The number of carbonyl (C=O) groups is 2. The van der Waals surface area contributed by atoms with Gasteiger partial charge in [0.2, 0.25) is 0 Å². The second-order valence-corrected chi connectivity index (χ2v) is 4.46. The molecule has 3 N–H and O–H groups in total. The second-order valence-electron chi connectivity index (χ2n) is 4.46. The highest BCUT2D eigenvalue weighted by Gasteiger charge is 2.11. The molecule has 1 aromatic heterocycles. The molecule has 2 aromatic rings. The van der Waals surface area contributed by atoms with Gasteiger partial charge in [0.15, 0.2) is 0 Å². The molecule has 0 aliphatic heterocycles. The Morgan fingerprint density at radius 1 is 1.40 bits per heavy atom. The van der Waals surface area contributed by atoms with Crippen molar-refractivity contribution >= 4 is 17.6 Å². The lowest BCUT2D eigenvalue weighted by Crippen LogP contribution is -2.12.